The third kappa shape index (κ3) is 4.64. The first kappa shape index (κ1) is 16.6. The number of nitrogens with one attached hydrogen (secondary N) is 1. The second-order valence-corrected chi connectivity index (χ2v) is 6.75. The molecule has 0 unspecified atom stereocenters. The molecule has 120 valence electrons. The van der Waals surface area contributed by atoms with E-state index in [-0.39, 0.29) is 24.0 Å². The number of ether oxygens (including phenoxy) is 1. The molecule has 7 heteroatoms. The molecule has 1 saturated heterocycles. The van der Waals surface area contributed by atoms with Gasteiger partial charge in [0.25, 0.3) is 0 Å². The molecule has 2 amide bonds. The number of amides is 2. The SMILES string of the molecule is NC(=O)[C@@H](CC[S@@](=O)c1ccccc1)NC(=O)[C@H]1CCOC1. The minimum Gasteiger partial charge on any atom is -0.381 e. The van der Waals surface area contributed by atoms with E-state index in [0.29, 0.717) is 24.5 Å². The van der Waals surface area contributed by atoms with Gasteiger partial charge in [-0.15, -0.1) is 0 Å². The van der Waals surface area contributed by atoms with Crippen molar-refractivity contribution in [3.63, 3.8) is 0 Å². The predicted molar refractivity (Wildman–Crippen MR) is 82.4 cm³/mol. The molecule has 1 aliphatic rings. The van der Waals surface area contributed by atoms with E-state index in [9.17, 15) is 13.8 Å². The Labute approximate surface area is 131 Å². The van der Waals surface area contributed by atoms with Crippen LogP contribution in [0.2, 0.25) is 0 Å². The molecule has 6 nitrogen and oxygen atoms in total. The summed E-state index contributed by atoms with van der Waals surface area (Å²) in [7, 11) is -1.22. The highest BCUT2D eigenvalue weighted by atomic mass is 32.2. The van der Waals surface area contributed by atoms with Gasteiger partial charge in [-0.3, -0.25) is 13.8 Å². The minimum absolute atomic E-state index is 0.230. The Morgan fingerprint density at radius 2 is 2.09 bits per heavy atom. The standard InChI is InChI=1S/C15H20N2O4S/c16-14(18)13(17-15(19)11-6-8-21-10-11)7-9-22(20)12-4-2-1-3-5-12/h1-5,11,13H,6-10H2,(H2,16,18)(H,17,19)/t11-,13+,22+/m0/s1. The molecule has 0 spiro atoms. The first-order valence-corrected chi connectivity index (χ1v) is 8.50. The number of hydrogen-bond acceptors (Lipinski definition) is 4. The van der Waals surface area contributed by atoms with Gasteiger partial charge in [-0.1, -0.05) is 18.2 Å². The molecule has 1 aliphatic heterocycles. The van der Waals surface area contributed by atoms with Crippen LogP contribution in [0.3, 0.4) is 0 Å². The van der Waals surface area contributed by atoms with Gasteiger partial charge in [0.05, 0.1) is 23.3 Å². The lowest BCUT2D eigenvalue weighted by molar-refractivity contribution is -0.129. The number of nitrogens with two attached hydrogens (primary N) is 1. The number of carbonyl (C=O) groups excluding carboxylic acids is 2. The largest absolute Gasteiger partial charge is 0.381 e. The molecule has 0 saturated carbocycles. The van der Waals surface area contributed by atoms with Gasteiger partial charge in [0.1, 0.15) is 6.04 Å². The van der Waals surface area contributed by atoms with Gasteiger partial charge in [0.15, 0.2) is 0 Å². The van der Waals surface area contributed by atoms with Gasteiger partial charge in [-0.25, -0.2) is 0 Å². The van der Waals surface area contributed by atoms with Gasteiger partial charge in [0.2, 0.25) is 11.8 Å². The molecule has 1 aromatic carbocycles. The maximum Gasteiger partial charge on any atom is 0.240 e. The zero-order valence-electron chi connectivity index (χ0n) is 12.2. The lowest BCUT2D eigenvalue weighted by Gasteiger charge is -2.17. The van der Waals surface area contributed by atoms with Crippen LogP contribution < -0.4 is 11.1 Å². The first-order valence-electron chi connectivity index (χ1n) is 7.19. The monoisotopic (exact) mass is 324 g/mol. The Bertz CT molecular complexity index is 544. The van der Waals surface area contributed by atoms with Crippen LogP contribution in [-0.2, 0) is 25.1 Å². The van der Waals surface area contributed by atoms with E-state index in [1.165, 1.54) is 0 Å². The van der Waals surface area contributed by atoms with Crippen molar-refractivity contribution >= 4 is 22.6 Å². The smallest absolute Gasteiger partial charge is 0.240 e. The third-order valence-electron chi connectivity index (χ3n) is 3.56. The highest BCUT2D eigenvalue weighted by Crippen LogP contribution is 2.13. The number of hydrogen-bond donors (Lipinski definition) is 2. The predicted octanol–water partition coefficient (Wildman–Crippen LogP) is 0.191. The first-order chi connectivity index (χ1) is 10.6. The number of carbonyl (C=O) groups is 2. The summed E-state index contributed by atoms with van der Waals surface area (Å²) in [5.41, 5.74) is 5.32. The molecule has 0 bridgehead atoms. The minimum atomic E-state index is -1.22. The molecule has 0 aromatic heterocycles. The lowest BCUT2D eigenvalue weighted by Crippen LogP contribution is -2.47. The number of benzene rings is 1. The van der Waals surface area contributed by atoms with Gasteiger partial charge in [-0.05, 0) is 25.0 Å². The molecule has 3 atom stereocenters. The molecule has 0 aliphatic carbocycles. The Balaban J connectivity index is 1.87. The van der Waals surface area contributed by atoms with E-state index in [2.05, 4.69) is 5.32 Å². The highest BCUT2D eigenvalue weighted by Gasteiger charge is 2.27. The van der Waals surface area contributed by atoms with E-state index >= 15 is 0 Å². The maximum absolute atomic E-state index is 12.1. The number of rotatable bonds is 7. The summed E-state index contributed by atoms with van der Waals surface area (Å²) >= 11 is 0. The zero-order chi connectivity index (χ0) is 15.9. The van der Waals surface area contributed by atoms with Crippen LogP contribution in [0.5, 0.6) is 0 Å². The summed E-state index contributed by atoms with van der Waals surface area (Å²) in [6.45, 7) is 0.921. The second kappa shape index (κ2) is 8.05. The van der Waals surface area contributed by atoms with Gasteiger partial charge in [0, 0.05) is 17.3 Å². The lowest BCUT2D eigenvalue weighted by atomic mass is 10.1. The van der Waals surface area contributed by atoms with E-state index < -0.39 is 22.7 Å². The number of primary amides is 1. The fraction of sp³-hybridized carbons (Fsp3) is 0.467. The van der Waals surface area contributed by atoms with Crippen LogP contribution in [0, 0.1) is 5.92 Å². The van der Waals surface area contributed by atoms with Crippen molar-refractivity contribution < 1.29 is 18.5 Å². The zero-order valence-corrected chi connectivity index (χ0v) is 13.0. The van der Waals surface area contributed by atoms with Crippen LogP contribution in [0.15, 0.2) is 35.2 Å². The van der Waals surface area contributed by atoms with Gasteiger partial charge in [-0.2, -0.15) is 0 Å². The molecular formula is C15H20N2O4S. The van der Waals surface area contributed by atoms with Crippen molar-refractivity contribution in [1.82, 2.24) is 5.32 Å². The topological polar surface area (TPSA) is 98.5 Å². The summed E-state index contributed by atoms with van der Waals surface area (Å²) in [5, 5.41) is 2.64. The molecule has 2 rings (SSSR count). The molecule has 1 heterocycles. The van der Waals surface area contributed by atoms with Crippen LogP contribution in [0.4, 0.5) is 0 Å². The molecular weight excluding hydrogens is 304 g/mol. The Hall–Kier alpha value is -1.73. The second-order valence-electron chi connectivity index (χ2n) is 5.18. The van der Waals surface area contributed by atoms with Gasteiger partial charge >= 0.3 is 0 Å². The average molecular weight is 324 g/mol. The van der Waals surface area contributed by atoms with Crippen LogP contribution in [0.25, 0.3) is 0 Å². The average Bonchev–Trinajstić information content (AvgIpc) is 3.06. The maximum atomic E-state index is 12.1. The Morgan fingerprint density at radius 1 is 1.36 bits per heavy atom. The van der Waals surface area contributed by atoms with Crippen LogP contribution in [-0.4, -0.2) is 41.0 Å². The van der Waals surface area contributed by atoms with E-state index in [4.69, 9.17) is 10.5 Å². The van der Waals surface area contributed by atoms with Crippen LogP contribution >= 0.6 is 0 Å². The molecule has 0 radical (unpaired) electrons. The van der Waals surface area contributed by atoms with E-state index in [0.717, 1.165) is 0 Å². The van der Waals surface area contributed by atoms with Crippen molar-refractivity contribution in [2.75, 3.05) is 19.0 Å². The van der Waals surface area contributed by atoms with Crippen molar-refractivity contribution in [2.24, 2.45) is 11.7 Å². The summed E-state index contributed by atoms with van der Waals surface area (Å²) in [6.07, 6.45) is 0.892. The highest BCUT2D eigenvalue weighted by molar-refractivity contribution is 7.85. The fourth-order valence-electron chi connectivity index (χ4n) is 2.23. The van der Waals surface area contributed by atoms with E-state index in [1.807, 2.05) is 6.07 Å². The normalized spacial score (nSPS) is 20.3. The summed E-state index contributed by atoms with van der Waals surface area (Å²) < 4.78 is 17.3. The Morgan fingerprint density at radius 3 is 2.68 bits per heavy atom. The van der Waals surface area contributed by atoms with Gasteiger partial charge < -0.3 is 15.8 Å². The molecule has 22 heavy (non-hydrogen) atoms. The Kier molecular flexibility index (Phi) is 6.09. The summed E-state index contributed by atoms with van der Waals surface area (Å²) in [5.74, 6) is -0.815. The van der Waals surface area contributed by atoms with E-state index in [1.54, 1.807) is 24.3 Å². The molecule has 1 fully saturated rings. The molecule has 3 N–H and O–H groups in total. The molecule has 1 aromatic rings. The third-order valence-corrected chi connectivity index (χ3v) is 4.96. The van der Waals surface area contributed by atoms with Crippen molar-refractivity contribution in [1.29, 1.82) is 0 Å². The quantitative estimate of drug-likeness (QED) is 0.748. The van der Waals surface area contributed by atoms with Crippen molar-refractivity contribution in [2.45, 2.75) is 23.8 Å². The van der Waals surface area contributed by atoms with Crippen molar-refractivity contribution in [3.05, 3.63) is 30.3 Å². The summed E-state index contributed by atoms with van der Waals surface area (Å²) in [4.78, 5) is 24.2. The fourth-order valence-corrected chi connectivity index (χ4v) is 3.38. The summed E-state index contributed by atoms with van der Waals surface area (Å²) in [6, 6.07) is 8.19. The van der Waals surface area contributed by atoms with Crippen LogP contribution in [0.1, 0.15) is 12.8 Å². The van der Waals surface area contributed by atoms with Crippen molar-refractivity contribution in [3.8, 4) is 0 Å².